The average molecular weight is 254 g/mol. The van der Waals surface area contributed by atoms with Gasteiger partial charge in [-0.3, -0.25) is 4.79 Å². The molecule has 0 aliphatic heterocycles. The molecule has 0 N–H and O–H groups in total. The highest BCUT2D eigenvalue weighted by atomic mass is 16.5. The van der Waals surface area contributed by atoms with E-state index in [1.165, 1.54) is 12.3 Å². The van der Waals surface area contributed by atoms with Crippen LogP contribution in [-0.2, 0) is 0 Å². The molecule has 0 spiro atoms. The largest absolute Gasteiger partial charge is 0.497 e. The van der Waals surface area contributed by atoms with Gasteiger partial charge in [-0.2, -0.15) is 0 Å². The topological polar surface area (TPSA) is 39.4 Å². The fraction of sp³-hybridized carbons (Fsp3) is 0.0625. The molecule has 3 nitrogen and oxygen atoms in total. The van der Waals surface area contributed by atoms with Gasteiger partial charge in [-0.25, -0.2) is 0 Å². The quantitative estimate of drug-likeness (QED) is 0.463. The number of allylic oxidation sites excluding steroid dienone is 3. The number of furan rings is 1. The van der Waals surface area contributed by atoms with E-state index in [2.05, 4.69) is 0 Å². The van der Waals surface area contributed by atoms with Crippen molar-refractivity contribution in [2.75, 3.05) is 7.11 Å². The molecule has 2 rings (SSSR count). The van der Waals surface area contributed by atoms with Crippen LogP contribution in [-0.4, -0.2) is 12.9 Å². The Kier molecular flexibility index (Phi) is 4.34. The van der Waals surface area contributed by atoms with E-state index in [4.69, 9.17) is 9.15 Å². The summed E-state index contributed by atoms with van der Waals surface area (Å²) in [7, 11) is 1.63. The number of carbonyl (C=O) groups excluding carboxylic acids is 1. The lowest BCUT2D eigenvalue weighted by molar-refractivity contribution is 0.102. The van der Waals surface area contributed by atoms with E-state index < -0.39 is 0 Å². The van der Waals surface area contributed by atoms with Gasteiger partial charge in [0, 0.05) is 0 Å². The van der Waals surface area contributed by atoms with Crippen LogP contribution in [0.3, 0.4) is 0 Å². The highest BCUT2D eigenvalue weighted by molar-refractivity contribution is 6.02. The van der Waals surface area contributed by atoms with Crippen molar-refractivity contribution in [3.05, 3.63) is 72.2 Å². The maximum atomic E-state index is 11.6. The molecule has 0 amide bonds. The zero-order valence-electron chi connectivity index (χ0n) is 10.6. The van der Waals surface area contributed by atoms with Crippen LogP contribution in [0.2, 0.25) is 0 Å². The highest BCUT2D eigenvalue weighted by Gasteiger charge is 2.02. The number of hydrogen-bond donors (Lipinski definition) is 0. The van der Waals surface area contributed by atoms with Crippen LogP contribution in [0.1, 0.15) is 16.1 Å². The van der Waals surface area contributed by atoms with Crippen LogP contribution in [0.25, 0.3) is 6.08 Å². The predicted molar refractivity (Wildman–Crippen MR) is 74.2 cm³/mol. The molecule has 1 aromatic heterocycles. The molecule has 0 atom stereocenters. The Morgan fingerprint density at radius 1 is 1.16 bits per heavy atom. The van der Waals surface area contributed by atoms with Gasteiger partial charge in [0.15, 0.2) is 5.76 Å². The standard InChI is InChI=1S/C16H14O3/c1-18-14-10-8-13(9-11-14)5-2-3-6-15(17)16-7-4-12-19-16/h2-12H,1H3/b5-2+,6-3+. The van der Waals surface area contributed by atoms with Gasteiger partial charge in [0.1, 0.15) is 5.75 Å². The minimum absolute atomic E-state index is 0.149. The fourth-order valence-electron chi connectivity index (χ4n) is 1.53. The lowest BCUT2D eigenvalue weighted by Gasteiger charge is -1.98. The zero-order chi connectivity index (χ0) is 13.5. The molecule has 3 heteroatoms. The van der Waals surface area contributed by atoms with Crippen LogP contribution in [0.15, 0.2) is 65.3 Å². The van der Waals surface area contributed by atoms with E-state index in [0.29, 0.717) is 5.76 Å². The van der Waals surface area contributed by atoms with Gasteiger partial charge in [0.25, 0.3) is 0 Å². The van der Waals surface area contributed by atoms with E-state index in [1.54, 1.807) is 25.3 Å². The molecule has 0 saturated carbocycles. The van der Waals surface area contributed by atoms with Gasteiger partial charge in [-0.05, 0) is 35.9 Å². The highest BCUT2D eigenvalue weighted by Crippen LogP contribution is 2.12. The number of carbonyl (C=O) groups is 1. The summed E-state index contributed by atoms with van der Waals surface area (Å²) in [4.78, 5) is 11.6. The first-order valence-corrected chi connectivity index (χ1v) is 5.86. The summed E-state index contributed by atoms with van der Waals surface area (Å²) in [6.07, 6.45) is 8.36. The van der Waals surface area contributed by atoms with Gasteiger partial charge in [0.05, 0.1) is 13.4 Å². The van der Waals surface area contributed by atoms with Gasteiger partial charge in [-0.15, -0.1) is 0 Å². The van der Waals surface area contributed by atoms with Crippen molar-refractivity contribution in [2.24, 2.45) is 0 Å². The van der Waals surface area contributed by atoms with Crippen LogP contribution in [0.4, 0.5) is 0 Å². The number of ketones is 1. The number of hydrogen-bond acceptors (Lipinski definition) is 3. The molecule has 0 saturated heterocycles. The molecular formula is C16H14O3. The smallest absolute Gasteiger partial charge is 0.220 e. The molecule has 96 valence electrons. The maximum absolute atomic E-state index is 11.6. The number of methoxy groups -OCH3 is 1. The summed E-state index contributed by atoms with van der Waals surface area (Å²) < 4.78 is 10.1. The number of rotatable bonds is 5. The van der Waals surface area contributed by atoms with E-state index in [9.17, 15) is 4.79 Å². The molecule has 2 aromatic rings. The summed E-state index contributed by atoms with van der Waals surface area (Å²) in [5, 5.41) is 0. The molecule has 0 aliphatic carbocycles. The second-order valence-electron chi connectivity index (χ2n) is 3.83. The lowest BCUT2D eigenvalue weighted by Crippen LogP contribution is -1.89. The van der Waals surface area contributed by atoms with Gasteiger partial charge >= 0.3 is 0 Å². The second kappa shape index (κ2) is 6.40. The third-order valence-electron chi connectivity index (χ3n) is 2.53. The van der Waals surface area contributed by atoms with Crippen molar-refractivity contribution in [3.63, 3.8) is 0 Å². The summed E-state index contributed by atoms with van der Waals surface area (Å²) in [6, 6.07) is 11.0. The van der Waals surface area contributed by atoms with Gasteiger partial charge < -0.3 is 9.15 Å². The van der Waals surface area contributed by atoms with E-state index >= 15 is 0 Å². The average Bonchev–Trinajstić information content (AvgIpc) is 2.98. The molecule has 0 aliphatic rings. The summed E-state index contributed by atoms with van der Waals surface area (Å²) in [5.74, 6) is 1.01. The van der Waals surface area contributed by atoms with Crippen molar-refractivity contribution < 1.29 is 13.9 Å². The van der Waals surface area contributed by atoms with E-state index in [1.807, 2.05) is 36.4 Å². The van der Waals surface area contributed by atoms with Crippen molar-refractivity contribution in [2.45, 2.75) is 0 Å². The minimum Gasteiger partial charge on any atom is -0.497 e. The normalized spacial score (nSPS) is 11.2. The summed E-state index contributed by atoms with van der Waals surface area (Å²) in [6.45, 7) is 0. The third kappa shape index (κ3) is 3.71. The number of ether oxygens (including phenoxy) is 1. The molecule has 1 heterocycles. The van der Waals surface area contributed by atoms with Crippen molar-refractivity contribution >= 4 is 11.9 Å². The summed E-state index contributed by atoms with van der Waals surface area (Å²) in [5.41, 5.74) is 1.04. The van der Waals surface area contributed by atoms with Crippen molar-refractivity contribution in [1.82, 2.24) is 0 Å². The van der Waals surface area contributed by atoms with E-state index in [0.717, 1.165) is 11.3 Å². The Morgan fingerprint density at radius 3 is 2.58 bits per heavy atom. The molecule has 0 fully saturated rings. The monoisotopic (exact) mass is 254 g/mol. The molecular weight excluding hydrogens is 240 g/mol. The fourth-order valence-corrected chi connectivity index (χ4v) is 1.53. The summed E-state index contributed by atoms with van der Waals surface area (Å²) >= 11 is 0. The van der Waals surface area contributed by atoms with Crippen molar-refractivity contribution in [3.8, 4) is 5.75 Å². The number of benzene rings is 1. The molecule has 0 unspecified atom stereocenters. The Hall–Kier alpha value is -2.55. The second-order valence-corrected chi connectivity index (χ2v) is 3.83. The van der Waals surface area contributed by atoms with Gasteiger partial charge in [0.2, 0.25) is 5.78 Å². The Balaban J connectivity index is 1.93. The minimum atomic E-state index is -0.149. The van der Waals surface area contributed by atoms with Crippen LogP contribution in [0, 0.1) is 0 Å². The first-order valence-electron chi connectivity index (χ1n) is 5.86. The SMILES string of the molecule is COc1ccc(/C=C/C=C/C(=O)c2ccco2)cc1. The third-order valence-corrected chi connectivity index (χ3v) is 2.53. The Bertz CT molecular complexity index is 575. The van der Waals surface area contributed by atoms with Crippen molar-refractivity contribution in [1.29, 1.82) is 0 Å². The Labute approximate surface area is 111 Å². The zero-order valence-corrected chi connectivity index (χ0v) is 10.6. The first-order chi connectivity index (χ1) is 9.29. The first kappa shape index (κ1) is 12.9. The maximum Gasteiger partial charge on any atom is 0.220 e. The molecule has 1 aromatic carbocycles. The Morgan fingerprint density at radius 2 is 1.95 bits per heavy atom. The van der Waals surface area contributed by atoms with Crippen LogP contribution < -0.4 is 4.74 Å². The predicted octanol–water partition coefficient (Wildman–Crippen LogP) is 3.74. The van der Waals surface area contributed by atoms with E-state index in [-0.39, 0.29) is 5.78 Å². The lowest BCUT2D eigenvalue weighted by atomic mass is 10.2. The van der Waals surface area contributed by atoms with Crippen LogP contribution in [0.5, 0.6) is 5.75 Å². The molecule has 19 heavy (non-hydrogen) atoms. The molecule has 0 bridgehead atoms. The van der Waals surface area contributed by atoms with Gasteiger partial charge in [-0.1, -0.05) is 30.4 Å². The van der Waals surface area contributed by atoms with Crippen LogP contribution >= 0.6 is 0 Å². The molecule has 0 radical (unpaired) electrons.